The van der Waals surface area contributed by atoms with E-state index in [2.05, 4.69) is 0 Å². The summed E-state index contributed by atoms with van der Waals surface area (Å²) in [7, 11) is 1.31. The number of nitrogens with zero attached hydrogens (tertiary/aromatic N) is 1. The van der Waals surface area contributed by atoms with Crippen LogP contribution in [0, 0.1) is 0 Å². The second-order valence-electron chi connectivity index (χ2n) is 4.76. The molecular formula is C16H19NO4. The number of ether oxygens (including phenoxy) is 2. The predicted molar refractivity (Wildman–Crippen MR) is 77.7 cm³/mol. The molecule has 0 aromatic heterocycles. The molecule has 0 saturated carbocycles. The molecule has 0 radical (unpaired) electrons. The van der Waals surface area contributed by atoms with Gasteiger partial charge in [0.15, 0.2) is 0 Å². The minimum absolute atomic E-state index is 0.262. The lowest BCUT2D eigenvalue weighted by molar-refractivity contribution is -0.137. The summed E-state index contributed by atoms with van der Waals surface area (Å²) in [6, 6.07) is 8.81. The first-order valence-corrected chi connectivity index (χ1v) is 7.05. The molecule has 0 fully saturated rings. The Morgan fingerprint density at radius 3 is 2.57 bits per heavy atom. The summed E-state index contributed by atoms with van der Waals surface area (Å²) in [4.78, 5) is 25.5. The highest BCUT2D eigenvalue weighted by atomic mass is 16.6. The molecule has 0 aliphatic carbocycles. The van der Waals surface area contributed by atoms with Crippen LogP contribution in [0.4, 0.5) is 4.79 Å². The molecule has 21 heavy (non-hydrogen) atoms. The summed E-state index contributed by atoms with van der Waals surface area (Å²) in [6.45, 7) is 0.451. The molecule has 2 rings (SSSR count). The SMILES string of the molecule is COC(=O)/C1=C/CCCCCN1C(=O)Oc1ccccc1. The molecule has 112 valence electrons. The number of hydrogen-bond donors (Lipinski definition) is 0. The second-order valence-corrected chi connectivity index (χ2v) is 4.76. The fourth-order valence-electron chi connectivity index (χ4n) is 2.19. The van der Waals surface area contributed by atoms with Crippen molar-refractivity contribution in [2.45, 2.75) is 25.7 Å². The quantitative estimate of drug-likeness (QED) is 0.785. The van der Waals surface area contributed by atoms with Gasteiger partial charge >= 0.3 is 12.1 Å². The molecule has 1 aromatic rings. The Morgan fingerprint density at radius 2 is 1.86 bits per heavy atom. The number of carbonyl (C=O) groups is 2. The zero-order valence-electron chi connectivity index (χ0n) is 12.1. The monoisotopic (exact) mass is 289 g/mol. The van der Waals surface area contributed by atoms with Gasteiger partial charge in [-0.15, -0.1) is 0 Å². The molecular weight excluding hydrogens is 270 g/mol. The Balaban J connectivity index is 2.17. The van der Waals surface area contributed by atoms with Crippen LogP contribution in [-0.4, -0.2) is 30.6 Å². The molecule has 5 heteroatoms. The number of hydrogen-bond acceptors (Lipinski definition) is 4. The van der Waals surface area contributed by atoms with E-state index < -0.39 is 12.1 Å². The maximum Gasteiger partial charge on any atom is 0.419 e. The molecule has 5 nitrogen and oxygen atoms in total. The zero-order valence-corrected chi connectivity index (χ0v) is 12.1. The van der Waals surface area contributed by atoms with E-state index in [1.807, 2.05) is 6.07 Å². The topological polar surface area (TPSA) is 55.8 Å². The van der Waals surface area contributed by atoms with Crippen molar-refractivity contribution in [3.63, 3.8) is 0 Å². The molecule has 0 bridgehead atoms. The minimum atomic E-state index is -0.556. The van der Waals surface area contributed by atoms with Crippen molar-refractivity contribution < 1.29 is 19.1 Å². The Hall–Kier alpha value is -2.30. The highest BCUT2D eigenvalue weighted by Gasteiger charge is 2.26. The van der Waals surface area contributed by atoms with Gasteiger partial charge in [-0.05, 0) is 31.4 Å². The van der Waals surface area contributed by atoms with Crippen molar-refractivity contribution in [3.05, 3.63) is 42.1 Å². The van der Waals surface area contributed by atoms with Crippen LogP contribution in [0.3, 0.4) is 0 Å². The molecule has 1 amide bonds. The van der Waals surface area contributed by atoms with Crippen LogP contribution in [0.25, 0.3) is 0 Å². The van der Waals surface area contributed by atoms with Crippen molar-refractivity contribution in [2.24, 2.45) is 0 Å². The average molecular weight is 289 g/mol. The third-order valence-electron chi connectivity index (χ3n) is 3.28. The number of allylic oxidation sites excluding steroid dienone is 1. The Kier molecular flexibility index (Phi) is 5.37. The van der Waals surface area contributed by atoms with Crippen LogP contribution in [0.2, 0.25) is 0 Å². The van der Waals surface area contributed by atoms with Crippen LogP contribution >= 0.6 is 0 Å². The Bertz CT molecular complexity index is 524. The number of methoxy groups -OCH3 is 1. The molecule has 0 N–H and O–H groups in total. The fraction of sp³-hybridized carbons (Fsp3) is 0.375. The molecule has 0 spiro atoms. The van der Waals surface area contributed by atoms with Gasteiger partial charge in [-0.25, -0.2) is 9.59 Å². The van der Waals surface area contributed by atoms with Gasteiger partial charge in [0.2, 0.25) is 0 Å². The third kappa shape index (κ3) is 4.08. The fourth-order valence-corrected chi connectivity index (χ4v) is 2.19. The highest BCUT2D eigenvalue weighted by molar-refractivity contribution is 5.92. The summed E-state index contributed by atoms with van der Waals surface area (Å²) in [6.07, 6.45) is 4.79. The van der Waals surface area contributed by atoms with E-state index in [4.69, 9.17) is 9.47 Å². The Morgan fingerprint density at radius 1 is 1.10 bits per heavy atom. The first kappa shape index (κ1) is 15.1. The van der Waals surface area contributed by atoms with E-state index in [0.29, 0.717) is 12.3 Å². The molecule has 0 saturated heterocycles. The molecule has 1 heterocycles. The Labute approximate surface area is 124 Å². The smallest absolute Gasteiger partial charge is 0.419 e. The van der Waals surface area contributed by atoms with Gasteiger partial charge in [-0.3, -0.25) is 4.90 Å². The van der Waals surface area contributed by atoms with Gasteiger partial charge in [0.05, 0.1) is 7.11 Å². The number of esters is 1. The van der Waals surface area contributed by atoms with Crippen molar-refractivity contribution >= 4 is 12.1 Å². The lowest BCUT2D eigenvalue weighted by Gasteiger charge is -2.24. The number of benzene rings is 1. The number of carbonyl (C=O) groups excluding carboxylic acids is 2. The minimum Gasteiger partial charge on any atom is -0.464 e. The lowest BCUT2D eigenvalue weighted by atomic mass is 10.1. The summed E-state index contributed by atoms with van der Waals surface area (Å²) in [5.74, 6) is -0.0595. The van der Waals surface area contributed by atoms with E-state index in [-0.39, 0.29) is 5.70 Å². The van der Waals surface area contributed by atoms with Crippen LogP contribution in [0.15, 0.2) is 42.1 Å². The largest absolute Gasteiger partial charge is 0.464 e. The van der Waals surface area contributed by atoms with Crippen LogP contribution in [-0.2, 0) is 9.53 Å². The van der Waals surface area contributed by atoms with Gasteiger partial charge < -0.3 is 9.47 Å². The summed E-state index contributed by atoms with van der Waals surface area (Å²) < 4.78 is 10.1. The van der Waals surface area contributed by atoms with Gasteiger partial charge in [0.25, 0.3) is 0 Å². The molecule has 1 aliphatic rings. The number of rotatable bonds is 2. The van der Waals surface area contributed by atoms with Crippen molar-refractivity contribution in [1.82, 2.24) is 4.90 Å². The normalized spacial score (nSPS) is 18.0. The van der Waals surface area contributed by atoms with Crippen LogP contribution < -0.4 is 4.74 Å². The number of para-hydroxylation sites is 1. The van der Waals surface area contributed by atoms with Gasteiger partial charge in [-0.2, -0.15) is 0 Å². The van der Waals surface area contributed by atoms with E-state index in [0.717, 1.165) is 25.7 Å². The van der Waals surface area contributed by atoms with E-state index >= 15 is 0 Å². The van der Waals surface area contributed by atoms with Crippen molar-refractivity contribution in [3.8, 4) is 5.75 Å². The lowest BCUT2D eigenvalue weighted by Crippen LogP contribution is -2.37. The first-order valence-electron chi connectivity index (χ1n) is 7.05. The van der Waals surface area contributed by atoms with Gasteiger partial charge in [0.1, 0.15) is 11.4 Å². The first-order chi connectivity index (χ1) is 10.2. The number of amides is 1. The second kappa shape index (κ2) is 7.47. The van der Waals surface area contributed by atoms with Crippen molar-refractivity contribution in [1.29, 1.82) is 0 Å². The predicted octanol–water partition coefficient (Wildman–Crippen LogP) is 3.12. The summed E-state index contributed by atoms with van der Waals surface area (Å²) >= 11 is 0. The summed E-state index contributed by atoms with van der Waals surface area (Å²) in [5, 5.41) is 0. The molecule has 1 aromatic carbocycles. The highest BCUT2D eigenvalue weighted by Crippen LogP contribution is 2.18. The molecule has 1 aliphatic heterocycles. The van der Waals surface area contributed by atoms with Gasteiger partial charge in [0, 0.05) is 6.54 Å². The third-order valence-corrected chi connectivity index (χ3v) is 3.28. The maximum atomic E-state index is 12.3. The van der Waals surface area contributed by atoms with E-state index in [1.54, 1.807) is 30.3 Å². The van der Waals surface area contributed by atoms with Crippen LogP contribution in [0.5, 0.6) is 5.75 Å². The standard InChI is InChI=1S/C16H19NO4/c1-20-15(18)14-11-7-2-3-8-12-17(14)16(19)21-13-9-5-4-6-10-13/h4-6,9-11H,2-3,7-8,12H2,1H3/b14-11-. The molecule has 0 atom stereocenters. The van der Waals surface area contributed by atoms with Crippen LogP contribution in [0.1, 0.15) is 25.7 Å². The van der Waals surface area contributed by atoms with E-state index in [1.165, 1.54) is 12.0 Å². The molecule has 0 unspecified atom stereocenters. The zero-order chi connectivity index (χ0) is 15.1. The van der Waals surface area contributed by atoms with Crippen molar-refractivity contribution in [2.75, 3.05) is 13.7 Å². The maximum absolute atomic E-state index is 12.3. The average Bonchev–Trinajstić information content (AvgIpc) is 2.47. The summed E-state index contributed by atoms with van der Waals surface area (Å²) in [5.41, 5.74) is 0.262. The van der Waals surface area contributed by atoms with Gasteiger partial charge in [-0.1, -0.05) is 30.7 Å². The van der Waals surface area contributed by atoms with E-state index in [9.17, 15) is 9.59 Å².